The normalized spacial score (nSPS) is 26.1. The molecule has 1 fully saturated rings. The van der Waals surface area contributed by atoms with Crippen LogP contribution in [0.15, 0.2) is 0 Å². The van der Waals surface area contributed by atoms with Gasteiger partial charge in [-0.2, -0.15) is 0 Å². The fraction of sp³-hybridized carbons (Fsp3) is 0.750. The molecule has 0 saturated carbocycles. The van der Waals surface area contributed by atoms with E-state index in [-0.39, 0.29) is 24.2 Å². The summed E-state index contributed by atoms with van der Waals surface area (Å²) in [6, 6.07) is 0.0537. The van der Waals surface area contributed by atoms with Crippen molar-refractivity contribution in [1.82, 2.24) is 5.32 Å². The van der Waals surface area contributed by atoms with Crippen LogP contribution in [0.1, 0.15) is 32.6 Å². The third kappa shape index (κ3) is 3.51. The van der Waals surface area contributed by atoms with Gasteiger partial charge in [0.1, 0.15) is 6.10 Å². The van der Waals surface area contributed by atoms with Crippen molar-refractivity contribution in [1.29, 1.82) is 0 Å². The van der Waals surface area contributed by atoms with Crippen molar-refractivity contribution in [2.75, 3.05) is 6.54 Å². The zero-order valence-corrected chi connectivity index (χ0v) is 9.74. The summed E-state index contributed by atoms with van der Waals surface area (Å²) >= 11 is 0. The second-order valence-electron chi connectivity index (χ2n) is 4.08. The lowest BCUT2D eigenvalue weighted by Crippen LogP contribution is -2.41. The van der Waals surface area contributed by atoms with Gasteiger partial charge in [0.15, 0.2) is 0 Å². The predicted molar refractivity (Wildman–Crippen MR) is 62.6 cm³/mol. The number of carbonyl (C=O) groups is 1. The van der Waals surface area contributed by atoms with Gasteiger partial charge in [0.25, 0.3) is 0 Å². The number of amides is 1. The van der Waals surface area contributed by atoms with Crippen LogP contribution in [-0.2, 0) is 9.53 Å². The zero-order valence-electron chi connectivity index (χ0n) is 9.74. The fourth-order valence-electron chi connectivity index (χ4n) is 1.81. The molecule has 1 aliphatic heterocycles. The molecule has 90 valence electrons. The molecule has 0 aromatic carbocycles. The monoisotopic (exact) mass is 224 g/mol. The average molecular weight is 224 g/mol. The Morgan fingerprint density at radius 1 is 1.69 bits per heavy atom. The van der Waals surface area contributed by atoms with Crippen molar-refractivity contribution < 1.29 is 9.53 Å². The van der Waals surface area contributed by atoms with Crippen LogP contribution < -0.4 is 11.1 Å². The smallest absolute Gasteiger partial charge is 0.249 e. The highest BCUT2D eigenvalue weighted by Crippen LogP contribution is 2.19. The summed E-state index contributed by atoms with van der Waals surface area (Å²) in [6.45, 7) is 2.48. The van der Waals surface area contributed by atoms with Crippen molar-refractivity contribution >= 4 is 5.91 Å². The van der Waals surface area contributed by atoms with E-state index in [1.54, 1.807) is 0 Å². The molecule has 0 spiro atoms. The summed E-state index contributed by atoms with van der Waals surface area (Å²) in [5.74, 6) is 2.50. The third-order valence-corrected chi connectivity index (χ3v) is 2.87. The van der Waals surface area contributed by atoms with Gasteiger partial charge in [-0.1, -0.05) is 6.92 Å². The molecule has 3 atom stereocenters. The molecular formula is C12H20N2O2. The van der Waals surface area contributed by atoms with Crippen molar-refractivity contribution in [3.8, 4) is 12.3 Å². The Kier molecular flexibility index (Phi) is 5.30. The molecule has 4 nitrogen and oxygen atoms in total. The maximum absolute atomic E-state index is 11.8. The SMILES string of the molecule is C#CCC(CC)NC(=O)C1CCC(CN)O1. The number of rotatable bonds is 5. The molecule has 1 rings (SSSR count). The Morgan fingerprint density at radius 2 is 2.44 bits per heavy atom. The van der Waals surface area contributed by atoms with Crippen LogP contribution in [0.4, 0.5) is 0 Å². The van der Waals surface area contributed by atoms with Gasteiger partial charge in [0.05, 0.1) is 6.10 Å². The van der Waals surface area contributed by atoms with E-state index in [0.29, 0.717) is 13.0 Å². The highest BCUT2D eigenvalue weighted by molar-refractivity contribution is 5.81. The second kappa shape index (κ2) is 6.51. The molecule has 1 heterocycles. The first-order valence-electron chi connectivity index (χ1n) is 5.80. The summed E-state index contributed by atoms with van der Waals surface area (Å²) in [6.07, 6.45) is 7.93. The average Bonchev–Trinajstić information content (AvgIpc) is 2.76. The molecule has 1 amide bonds. The van der Waals surface area contributed by atoms with E-state index < -0.39 is 0 Å². The van der Waals surface area contributed by atoms with Gasteiger partial charge in [-0.15, -0.1) is 12.3 Å². The topological polar surface area (TPSA) is 64.4 Å². The summed E-state index contributed by atoms with van der Waals surface area (Å²) in [5.41, 5.74) is 5.49. The maximum atomic E-state index is 11.8. The second-order valence-corrected chi connectivity index (χ2v) is 4.08. The van der Waals surface area contributed by atoms with E-state index in [1.165, 1.54) is 0 Å². The Labute approximate surface area is 96.9 Å². The van der Waals surface area contributed by atoms with Crippen molar-refractivity contribution in [2.24, 2.45) is 5.73 Å². The van der Waals surface area contributed by atoms with Crippen molar-refractivity contribution in [3.05, 3.63) is 0 Å². The lowest BCUT2D eigenvalue weighted by atomic mass is 10.1. The van der Waals surface area contributed by atoms with Gasteiger partial charge in [0, 0.05) is 19.0 Å². The van der Waals surface area contributed by atoms with Crippen LogP contribution in [0.5, 0.6) is 0 Å². The molecule has 0 aromatic heterocycles. The molecular weight excluding hydrogens is 204 g/mol. The van der Waals surface area contributed by atoms with Crippen LogP contribution in [0.2, 0.25) is 0 Å². The number of terminal acetylenes is 1. The number of nitrogens with two attached hydrogens (primary N) is 1. The molecule has 16 heavy (non-hydrogen) atoms. The quantitative estimate of drug-likeness (QED) is 0.665. The number of nitrogens with one attached hydrogen (secondary N) is 1. The third-order valence-electron chi connectivity index (χ3n) is 2.87. The van der Waals surface area contributed by atoms with Crippen LogP contribution in [0, 0.1) is 12.3 Å². The van der Waals surface area contributed by atoms with Crippen LogP contribution in [0.25, 0.3) is 0 Å². The van der Waals surface area contributed by atoms with Gasteiger partial charge in [-0.05, 0) is 19.3 Å². The number of hydrogen-bond donors (Lipinski definition) is 2. The zero-order chi connectivity index (χ0) is 12.0. The van der Waals surface area contributed by atoms with Gasteiger partial charge in [-0.25, -0.2) is 0 Å². The number of ether oxygens (including phenoxy) is 1. The fourth-order valence-corrected chi connectivity index (χ4v) is 1.81. The molecule has 0 aromatic rings. The molecule has 0 bridgehead atoms. The standard InChI is InChI=1S/C12H20N2O2/c1-3-5-9(4-2)14-12(15)11-7-6-10(8-13)16-11/h1,9-11H,4-8,13H2,2H3,(H,14,15). The Balaban J connectivity index is 2.38. The van der Waals surface area contributed by atoms with E-state index in [2.05, 4.69) is 11.2 Å². The minimum Gasteiger partial charge on any atom is -0.364 e. The molecule has 1 saturated heterocycles. The first-order valence-corrected chi connectivity index (χ1v) is 5.80. The van der Waals surface area contributed by atoms with E-state index in [9.17, 15) is 4.79 Å². The van der Waals surface area contributed by atoms with E-state index >= 15 is 0 Å². The molecule has 3 N–H and O–H groups in total. The predicted octanol–water partition coefficient (Wildman–Crippen LogP) is 0.411. The van der Waals surface area contributed by atoms with Gasteiger partial charge >= 0.3 is 0 Å². The van der Waals surface area contributed by atoms with Crippen molar-refractivity contribution in [3.63, 3.8) is 0 Å². The Morgan fingerprint density at radius 3 is 2.94 bits per heavy atom. The first kappa shape index (κ1) is 13.0. The van der Waals surface area contributed by atoms with Crippen molar-refractivity contribution in [2.45, 2.75) is 50.9 Å². The minimum absolute atomic E-state index is 0.0310. The lowest BCUT2D eigenvalue weighted by Gasteiger charge is -2.18. The van der Waals surface area contributed by atoms with E-state index in [4.69, 9.17) is 16.9 Å². The molecule has 0 aliphatic carbocycles. The number of carbonyl (C=O) groups excluding carboxylic acids is 1. The van der Waals surface area contributed by atoms with Crippen LogP contribution in [0.3, 0.4) is 0 Å². The first-order chi connectivity index (χ1) is 7.71. The van der Waals surface area contributed by atoms with Crippen LogP contribution >= 0.6 is 0 Å². The summed E-state index contributed by atoms with van der Waals surface area (Å²) in [5, 5.41) is 2.91. The minimum atomic E-state index is -0.347. The summed E-state index contributed by atoms with van der Waals surface area (Å²) < 4.78 is 5.51. The van der Waals surface area contributed by atoms with Crippen LogP contribution in [-0.4, -0.2) is 30.7 Å². The molecule has 3 unspecified atom stereocenters. The molecule has 1 aliphatic rings. The number of hydrogen-bond acceptors (Lipinski definition) is 3. The highest BCUT2D eigenvalue weighted by atomic mass is 16.5. The Bertz CT molecular complexity index is 273. The van der Waals surface area contributed by atoms with Gasteiger partial charge < -0.3 is 15.8 Å². The highest BCUT2D eigenvalue weighted by Gasteiger charge is 2.30. The summed E-state index contributed by atoms with van der Waals surface area (Å²) in [7, 11) is 0. The molecule has 0 radical (unpaired) electrons. The summed E-state index contributed by atoms with van der Waals surface area (Å²) in [4.78, 5) is 11.8. The van der Waals surface area contributed by atoms with E-state index in [0.717, 1.165) is 19.3 Å². The molecule has 4 heteroatoms. The van der Waals surface area contributed by atoms with Gasteiger partial charge in [-0.3, -0.25) is 4.79 Å². The lowest BCUT2D eigenvalue weighted by molar-refractivity contribution is -0.132. The van der Waals surface area contributed by atoms with Gasteiger partial charge in [0.2, 0.25) is 5.91 Å². The Hall–Kier alpha value is -1.05. The van der Waals surface area contributed by atoms with E-state index in [1.807, 2.05) is 6.92 Å². The maximum Gasteiger partial charge on any atom is 0.249 e. The largest absolute Gasteiger partial charge is 0.364 e.